The van der Waals surface area contributed by atoms with Gasteiger partial charge in [-0.3, -0.25) is 9.88 Å². The number of fused-ring (bicyclic) bond motifs is 1. The van der Waals surface area contributed by atoms with Crippen LogP contribution in [0.4, 0.5) is 0 Å². The van der Waals surface area contributed by atoms with Crippen LogP contribution >= 0.6 is 0 Å². The second-order valence-electron chi connectivity index (χ2n) is 10.9. The molecule has 0 radical (unpaired) electrons. The van der Waals surface area contributed by atoms with Gasteiger partial charge in [0.05, 0.1) is 12.7 Å². The first-order valence-electron chi connectivity index (χ1n) is 12.9. The third-order valence-corrected chi connectivity index (χ3v) is 9.19. The van der Waals surface area contributed by atoms with Gasteiger partial charge in [-0.05, 0) is 98.8 Å². The van der Waals surface area contributed by atoms with E-state index in [9.17, 15) is 5.11 Å². The van der Waals surface area contributed by atoms with Crippen LogP contribution in [0.3, 0.4) is 0 Å². The molecule has 1 aromatic heterocycles. The lowest BCUT2D eigenvalue weighted by Gasteiger charge is -2.61. The fourth-order valence-electron chi connectivity index (χ4n) is 7.09. The number of methoxy groups -OCH3 is 1. The lowest BCUT2D eigenvalue weighted by Crippen LogP contribution is -2.71. The van der Waals surface area contributed by atoms with E-state index in [2.05, 4.69) is 39.0 Å². The molecule has 3 heterocycles. The zero-order chi connectivity index (χ0) is 22.5. The summed E-state index contributed by atoms with van der Waals surface area (Å²) in [5.74, 6) is 1.77. The lowest BCUT2D eigenvalue weighted by atomic mass is 9.52. The molecule has 2 aliphatic heterocycles. The van der Waals surface area contributed by atoms with Crippen LogP contribution in [0.15, 0.2) is 42.7 Å². The minimum atomic E-state index is -0.678. The van der Waals surface area contributed by atoms with Crippen LogP contribution < -0.4 is 4.74 Å². The molecule has 1 saturated carbocycles. The number of hydrogen-bond donors (Lipinski definition) is 1. The maximum Gasteiger partial charge on any atom is 0.119 e. The monoisotopic (exact) mass is 447 g/mol. The number of aliphatic hydroxyl groups is 1. The van der Waals surface area contributed by atoms with E-state index in [4.69, 9.17) is 4.74 Å². The fraction of sp³-hybridized carbons (Fsp3) is 0.607. The number of rotatable bonds is 6. The van der Waals surface area contributed by atoms with Crippen LogP contribution in [0.5, 0.6) is 5.75 Å². The van der Waals surface area contributed by atoms with Crippen molar-refractivity contribution in [2.75, 3.05) is 39.8 Å². The number of pyridine rings is 1. The molecule has 6 rings (SSSR count). The number of ether oxygens (including phenoxy) is 1. The van der Waals surface area contributed by atoms with Crippen molar-refractivity contribution in [3.05, 3.63) is 59.4 Å². The second-order valence-corrected chi connectivity index (χ2v) is 10.9. The normalized spacial score (nSPS) is 32.0. The first-order valence-corrected chi connectivity index (χ1v) is 12.9. The Hall–Kier alpha value is -1.95. The molecule has 1 aromatic carbocycles. The highest BCUT2D eigenvalue weighted by molar-refractivity contribution is 5.48. The molecule has 4 aliphatic rings. The van der Waals surface area contributed by atoms with E-state index in [0.29, 0.717) is 0 Å². The molecule has 2 aromatic rings. The maximum atomic E-state index is 12.6. The molecule has 5 heteroatoms. The lowest BCUT2D eigenvalue weighted by molar-refractivity contribution is -0.149. The number of piperidine rings is 1. The summed E-state index contributed by atoms with van der Waals surface area (Å²) in [6, 6.07) is 11.0. The van der Waals surface area contributed by atoms with E-state index in [1.807, 2.05) is 18.5 Å². The van der Waals surface area contributed by atoms with Gasteiger partial charge >= 0.3 is 0 Å². The van der Waals surface area contributed by atoms with Crippen LogP contribution in [-0.4, -0.2) is 71.4 Å². The number of benzene rings is 1. The third kappa shape index (κ3) is 3.69. The Kier molecular flexibility index (Phi) is 5.47. The summed E-state index contributed by atoms with van der Waals surface area (Å²) in [5.41, 5.74) is 3.22. The predicted molar refractivity (Wildman–Crippen MR) is 130 cm³/mol. The van der Waals surface area contributed by atoms with Gasteiger partial charge in [0.25, 0.3) is 0 Å². The zero-order valence-corrected chi connectivity index (χ0v) is 19.9. The highest BCUT2D eigenvalue weighted by Crippen LogP contribution is 2.56. The van der Waals surface area contributed by atoms with Crippen molar-refractivity contribution >= 4 is 0 Å². The average Bonchev–Trinajstić information content (AvgIpc) is 3.67. The fourth-order valence-corrected chi connectivity index (χ4v) is 7.09. The Bertz CT molecular complexity index is 994. The van der Waals surface area contributed by atoms with Gasteiger partial charge in [-0.1, -0.05) is 12.1 Å². The van der Waals surface area contributed by atoms with Gasteiger partial charge in [0.1, 0.15) is 5.75 Å². The van der Waals surface area contributed by atoms with Crippen molar-refractivity contribution in [2.45, 2.75) is 62.0 Å². The third-order valence-electron chi connectivity index (χ3n) is 9.19. The molecule has 3 fully saturated rings. The number of hydrogen-bond acceptors (Lipinski definition) is 5. The van der Waals surface area contributed by atoms with Gasteiger partial charge in [0, 0.05) is 43.5 Å². The van der Waals surface area contributed by atoms with Gasteiger partial charge < -0.3 is 14.7 Å². The van der Waals surface area contributed by atoms with E-state index in [1.165, 1.54) is 36.1 Å². The molecule has 0 amide bonds. The molecular formula is C28H37N3O2. The summed E-state index contributed by atoms with van der Waals surface area (Å²) >= 11 is 0. The van der Waals surface area contributed by atoms with E-state index >= 15 is 0 Å². The first kappa shape index (κ1) is 21.6. The van der Waals surface area contributed by atoms with Gasteiger partial charge in [-0.15, -0.1) is 0 Å². The van der Waals surface area contributed by atoms with Crippen molar-refractivity contribution in [3.8, 4) is 5.75 Å². The number of nitrogens with zero attached hydrogens (tertiary/aromatic N) is 3. The molecular weight excluding hydrogens is 410 g/mol. The molecule has 5 nitrogen and oxygen atoms in total. The standard InChI is InChI=1S/C28H37N3O2/c1-33-24-7-6-23-17-26-28(32)11-15-30(13-8-21-3-2-12-29-19-21)14-9-27(28,25(23)18-24)10-16-31(26)20-22-4-5-22/h2-3,6-7,12,18-19,22,26,32H,4-5,8-11,13-17,20H2,1H3/t26-,27+,28-/m1/s1. The van der Waals surface area contributed by atoms with E-state index in [0.717, 1.165) is 70.0 Å². The molecule has 176 valence electrons. The summed E-state index contributed by atoms with van der Waals surface area (Å²) in [4.78, 5) is 9.52. The average molecular weight is 448 g/mol. The Labute approximate surface area is 197 Å². The molecule has 0 spiro atoms. The predicted octanol–water partition coefficient (Wildman–Crippen LogP) is 3.44. The Morgan fingerprint density at radius 3 is 2.76 bits per heavy atom. The summed E-state index contributed by atoms with van der Waals surface area (Å²) in [5, 5.41) is 12.6. The summed E-state index contributed by atoms with van der Waals surface area (Å²) in [6.07, 6.45) is 11.4. The van der Waals surface area contributed by atoms with Crippen molar-refractivity contribution < 1.29 is 9.84 Å². The van der Waals surface area contributed by atoms with E-state index in [1.54, 1.807) is 7.11 Å². The second kappa shape index (κ2) is 8.37. The van der Waals surface area contributed by atoms with Crippen LogP contribution in [0.2, 0.25) is 0 Å². The molecule has 2 bridgehead atoms. The van der Waals surface area contributed by atoms with E-state index in [-0.39, 0.29) is 11.5 Å². The Morgan fingerprint density at radius 1 is 1.12 bits per heavy atom. The van der Waals surface area contributed by atoms with E-state index < -0.39 is 5.60 Å². The quantitative estimate of drug-likeness (QED) is 0.735. The molecule has 33 heavy (non-hydrogen) atoms. The molecule has 2 saturated heterocycles. The van der Waals surface area contributed by atoms with Gasteiger partial charge in [0.2, 0.25) is 0 Å². The smallest absolute Gasteiger partial charge is 0.119 e. The van der Waals surface area contributed by atoms with Gasteiger partial charge in [-0.2, -0.15) is 0 Å². The molecule has 0 unspecified atom stereocenters. The van der Waals surface area contributed by atoms with Crippen LogP contribution in [0.1, 0.15) is 48.8 Å². The maximum absolute atomic E-state index is 12.6. The highest BCUT2D eigenvalue weighted by Gasteiger charge is 2.63. The van der Waals surface area contributed by atoms with Crippen LogP contribution in [-0.2, 0) is 18.3 Å². The molecule has 2 aliphatic carbocycles. The number of aromatic nitrogens is 1. The summed E-state index contributed by atoms with van der Waals surface area (Å²) in [7, 11) is 1.75. The van der Waals surface area contributed by atoms with Gasteiger partial charge in [0.15, 0.2) is 0 Å². The Morgan fingerprint density at radius 2 is 1.97 bits per heavy atom. The minimum absolute atomic E-state index is 0.178. The zero-order valence-electron chi connectivity index (χ0n) is 19.9. The van der Waals surface area contributed by atoms with Crippen molar-refractivity contribution in [1.29, 1.82) is 0 Å². The summed E-state index contributed by atoms with van der Waals surface area (Å²) in [6.45, 7) is 5.30. The highest BCUT2D eigenvalue weighted by atomic mass is 16.5. The molecule has 1 N–H and O–H groups in total. The van der Waals surface area contributed by atoms with Crippen LogP contribution in [0, 0.1) is 5.92 Å². The largest absolute Gasteiger partial charge is 0.497 e. The Balaban J connectivity index is 1.32. The number of likely N-dealkylation sites (tertiary alicyclic amines) is 2. The van der Waals surface area contributed by atoms with Crippen molar-refractivity contribution in [2.24, 2.45) is 5.92 Å². The minimum Gasteiger partial charge on any atom is -0.497 e. The first-order chi connectivity index (χ1) is 16.1. The molecule has 3 atom stereocenters. The SMILES string of the molecule is COc1ccc2c(c1)[C@@]13CCN(CCc4cccnc4)CC[C@@]1(O)[C@@H](C2)N(CC1CC1)CC3. The van der Waals surface area contributed by atoms with Crippen molar-refractivity contribution in [3.63, 3.8) is 0 Å². The van der Waals surface area contributed by atoms with Crippen LogP contribution in [0.25, 0.3) is 0 Å². The van der Waals surface area contributed by atoms with Crippen molar-refractivity contribution in [1.82, 2.24) is 14.8 Å². The summed E-state index contributed by atoms with van der Waals surface area (Å²) < 4.78 is 5.64. The topological polar surface area (TPSA) is 48.8 Å². The van der Waals surface area contributed by atoms with Gasteiger partial charge in [-0.25, -0.2) is 0 Å².